The van der Waals surface area contributed by atoms with E-state index < -0.39 is 11.7 Å². The summed E-state index contributed by atoms with van der Waals surface area (Å²) in [6.07, 6.45) is -3.44. The Kier molecular flexibility index (Phi) is 2.26. The van der Waals surface area contributed by atoms with Crippen molar-refractivity contribution >= 4 is 11.8 Å². The van der Waals surface area contributed by atoms with Crippen LogP contribution in [0.15, 0.2) is 23.1 Å². The van der Waals surface area contributed by atoms with Crippen LogP contribution in [0.4, 0.5) is 13.2 Å². The summed E-state index contributed by atoms with van der Waals surface area (Å²) >= 11 is 1.44. The second-order valence-electron chi connectivity index (χ2n) is 3.30. The molecule has 1 aromatic carbocycles. The summed E-state index contributed by atoms with van der Waals surface area (Å²) < 4.78 is 37.0. The highest BCUT2D eigenvalue weighted by Gasteiger charge is 2.32. The monoisotopic (exact) mass is 217 g/mol. The maximum atomic E-state index is 12.3. The first-order chi connectivity index (χ1) is 6.47. The molecule has 0 unspecified atom stereocenters. The minimum absolute atomic E-state index is 0.557. The van der Waals surface area contributed by atoms with Gasteiger partial charge in [-0.15, -0.1) is 11.8 Å². The Morgan fingerprint density at radius 3 is 2.64 bits per heavy atom. The van der Waals surface area contributed by atoms with E-state index in [-0.39, 0.29) is 0 Å². The van der Waals surface area contributed by atoms with Crippen molar-refractivity contribution in [3.8, 4) is 0 Å². The van der Waals surface area contributed by atoms with Crippen molar-refractivity contribution in [3.63, 3.8) is 0 Å². The number of thioether (sulfide) groups is 1. The highest BCUT2D eigenvalue weighted by atomic mass is 32.2. The highest BCUT2D eigenvalue weighted by molar-refractivity contribution is 8.02. The second kappa shape index (κ2) is 3.19. The van der Waals surface area contributed by atoms with Crippen LogP contribution in [0.3, 0.4) is 0 Å². The van der Waals surface area contributed by atoms with E-state index in [1.807, 2.05) is 6.92 Å². The van der Waals surface area contributed by atoms with Gasteiger partial charge in [-0.05, 0) is 31.0 Å². The zero-order valence-electron chi connectivity index (χ0n) is 7.48. The first kappa shape index (κ1) is 9.90. The van der Waals surface area contributed by atoms with Gasteiger partial charge in [-0.25, -0.2) is 0 Å². The van der Waals surface area contributed by atoms with Crippen LogP contribution < -0.4 is 0 Å². The number of hydrogen-bond donors (Lipinski definition) is 0. The third-order valence-corrected chi connectivity index (χ3v) is 3.21. The molecule has 0 nitrogen and oxygen atoms in total. The largest absolute Gasteiger partial charge is 0.416 e. The summed E-state index contributed by atoms with van der Waals surface area (Å²) in [7, 11) is 0. The lowest BCUT2D eigenvalue weighted by Crippen LogP contribution is -2.04. The van der Waals surface area contributed by atoms with Gasteiger partial charge >= 0.3 is 6.18 Å². The summed E-state index contributed by atoms with van der Waals surface area (Å²) in [5.74, 6) is 0. The predicted molar refractivity (Wildman–Crippen MR) is 49.9 cm³/mol. The van der Waals surface area contributed by atoms with Crippen molar-refractivity contribution in [2.75, 3.05) is 0 Å². The normalized spacial score (nSPS) is 17.1. The van der Waals surface area contributed by atoms with E-state index in [0.29, 0.717) is 0 Å². The molecule has 0 saturated heterocycles. The van der Waals surface area contributed by atoms with Crippen molar-refractivity contribution in [1.29, 1.82) is 0 Å². The number of hydrogen-bond acceptors (Lipinski definition) is 1. The third-order valence-electron chi connectivity index (χ3n) is 2.12. The Labute approximate surface area is 84.5 Å². The van der Waals surface area contributed by atoms with Crippen LogP contribution in [0.2, 0.25) is 0 Å². The van der Waals surface area contributed by atoms with Crippen LogP contribution in [0, 0.1) is 5.25 Å². The van der Waals surface area contributed by atoms with E-state index in [9.17, 15) is 13.2 Å². The Morgan fingerprint density at radius 2 is 2.00 bits per heavy atom. The Balaban J connectivity index is 2.38. The van der Waals surface area contributed by atoms with Crippen molar-refractivity contribution in [2.45, 2.75) is 24.4 Å². The quantitative estimate of drug-likeness (QED) is 0.635. The van der Waals surface area contributed by atoms with Gasteiger partial charge in [0.05, 0.1) is 5.56 Å². The zero-order valence-corrected chi connectivity index (χ0v) is 8.30. The van der Waals surface area contributed by atoms with Crippen LogP contribution in [0.1, 0.15) is 18.1 Å². The number of halogens is 3. The van der Waals surface area contributed by atoms with Crippen molar-refractivity contribution in [3.05, 3.63) is 34.6 Å². The first-order valence-corrected chi connectivity index (χ1v) is 4.99. The van der Waals surface area contributed by atoms with Gasteiger partial charge in [0.2, 0.25) is 0 Å². The molecule has 0 aromatic heterocycles. The molecule has 0 atom stereocenters. The molecular formula is C10H8F3S. The lowest BCUT2D eigenvalue weighted by molar-refractivity contribution is -0.137. The van der Waals surface area contributed by atoms with Crippen molar-refractivity contribution < 1.29 is 13.2 Å². The Bertz CT molecular complexity index is 357. The summed E-state index contributed by atoms with van der Waals surface area (Å²) in [5.41, 5.74) is 0.443. The predicted octanol–water partition coefficient (Wildman–Crippen LogP) is 3.91. The molecule has 1 heterocycles. The van der Waals surface area contributed by atoms with Crippen LogP contribution in [-0.2, 0) is 12.6 Å². The topological polar surface area (TPSA) is 0 Å². The van der Waals surface area contributed by atoms with Crippen LogP contribution in [0.25, 0.3) is 0 Å². The van der Waals surface area contributed by atoms with E-state index in [0.717, 1.165) is 28.2 Å². The molecule has 14 heavy (non-hydrogen) atoms. The fraction of sp³-hybridized carbons (Fsp3) is 0.300. The fourth-order valence-corrected chi connectivity index (χ4v) is 2.52. The molecule has 0 saturated carbocycles. The van der Waals surface area contributed by atoms with Gasteiger partial charge in [0.25, 0.3) is 0 Å². The Hall–Kier alpha value is -0.640. The van der Waals surface area contributed by atoms with Gasteiger partial charge in [-0.2, -0.15) is 13.2 Å². The van der Waals surface area contributed by atoms with Gasteiger partial charge in [0.1, 0.15) is 0 Å². The molecule has 0 fully saturated rings. The van der Waals surface area contributed by atoms with E-state index in [1.165, 1.54) is 17.8 Å². The lowest BCUT2D eigenvalue weighted by Gasteiger charge is -2.07. The van der Waals surface area contributed by atoms with Gasteiger partial charge in [-0.3, -0.25) is 0 Å². The second-order valence-corrected chi connectivity index (χ2v) is 4.64. The van der Waals surface area contributed by atoms with Crippen LogP contribution in [-0.4, -0.2) is 0 Å². The van der Waals surface area contributed by atoms with Gasteiger partial charge < -0.3 is 0 Å². The maximum Gasteiger partial charge on any atom is 0.416 e. The molecule has 1 radical (unpaired) electrons. The number of alkyl halides is 3. The van der Waals surface area contributed by atoms with Gasteiger partial charge in [-0.1, -0.05) is 6.07 Å². The zero-order chi connectivity index (χ0) is 10.3. The van der Waals surface area contributed by atoms with Crippen molar-refractivity contribution in [2.24, 2.45) is 0 Å². The van der Waals surface area contributed by atoms with Crippen LogP contribution >= 0.6 is 11.8 Å². The molecule has 1 aliphatic rings. The number of rotatable bonds is 0. The van der Waals surface area contributed by atoms with Gasteiger partial charge in [0, 0.05) is 10.1 Å². The average Bonchev–Trinajstić information content (AvgIpc) is 2.41. The van der Waals surface area contributed by atoms with Gasteiger partial charge in [0.15, 0.2) is 0 Å². The maximum absolute atomic E-state index is 12.3. The fourth-order valence-electron chi connectivity index (χ4n) is 1.46. The molecule has 2 rings (SSSR count). The molecule has 0 N–H and O–H groups in total. The molecule has 1 aromatic rings. The van der Waals surface area contributed by atoms with E-state index in [2.05, 4.69) is 0 Å². The third kappa shape index (κ3) is 1.75. The summed E-state index contributed by atoms with van der Waals surface area (Å²) in [6.45, 7) is 1.94. The molecule has 0 aliphatic carbocycles. The van der Waals surface area contributed by atoms with Crippen LogP contribution in [0.5, 0.6) is 0 Å². The molecular weight excluding hydrogens is 209 g/mol. The molecule has 0 spiro atoms. The van der Waals surface area contributed by atoms with E-state index >= 15 is 0 Å². The molecule has 1 aliphatic heterocycles. The standard InChI is InChI=1S/C10H8F3S/c1-6-4-7-2-3-8(10(11,12)13)5-9(7)14-6/h2-3,5H,4H2,1H3. The lowest BCUT2D eigenvalue weighted by atomic mass is 10.1. The summed E-state index contributed by atoms with van der Waals surface area (Å²) in [5, 5.41) is 1.15. The van der Waals surface area contributed by atoms with E-state index in [4.69, 9.17) is 0 Å². The van der Waals surface area contributed by atoms with E-state index in [1.54, 1.807) is 6.07 Å². The smallest absolute Gasteiger partial charge is 0.166 e. The molecule has 0 amide bonds. The number of benzene rings is 1. The SMILES string of the molecule is C[C]1Cc2ccc(C(F)(F)F)cc2S1. The summed E-state index contributed by atoms with van der Waals surface area (Å²) in [6, 6.07) is 3.95. The first-order valence-electron chi connectivity index (χ1n) is 4.17. The molecule has 4 heteroatoms. The highest BCUT2D eigenvalue weighted by Crippen LogP contribution is 2.43. The Morgan fingerprint density at radius 1 is 1.29 bits per heavy atom. The van der Waals surface area contributed by atoms with Crippen molar-refractivity contribution in [1.82, 2.24) is 0 Å². The minimum atomic E-state index is -4.23. The molecule has 75 valence electrons. The average molecular weight is 217 g/mol. The number of fused-ring (bicyclic) bond motifs is 1. The molecule has 0 bridgehead atoms. The summed E-state index contributed by atoms with van der Waals surface area (Å²) in [4.78, 5) is 0.748. The minimum Gasteiger partial charge on any atom is -0.166 e.